The molecule has 8 heteroatoms. The minimum absolute atomic E-state index is 0. The third kappa shape index (κ3) is 7.85. The van der Waals surface area contributed by atoms with E-state index in [-0.39, 0.29) is 54.0 Å². The number of ether oxygens (including phenoxy) is 1. The lowest BCUT2D eigenvalue weighted by molar-refractivity contribution is 0.373. The van der Waals surface area contributed by atoms with Crippen molar-refractivity contribution in [3.63, 3.8) is 0 Å². The van der Waals surface area contributed by atoms with Crippen molar-refractivity contribution >= 4 is 24.8 Å². The Labute approximate surface area is 209 Å². The van der Waals surface area contributed by atoms with Gasteiger partial charge >= 0.3 is 0 Å². The van der Waals surface area contributed by atoms with E-state index in [0.29, 0.717) is 5.75 Å². The Morgan fingerprint density at radius 3 is 2.45 bits per heavy atom. The van der Waals surface area contributed by atoms with Crippen LogP contribution >= 0.6 is 24.8 Å². The highest BCUT2D eigenvalue weighted by atomic mass is 35.5. The highest BCUT2D eigenvalue weighted by Gasteiger charge is 2.29. The number of unbranched alkanes of at least 4 members (excludes halogenated alkanes) is 3. The summed E-state index contributed by atoms with van der Waals surface area (Å²) in [6.45, 7) is 1.87. The van der Waals surface area contributed by atoms with Gasteiger partial charge in [-0.3, -0.25) is 0 Å². The van der Waals surface area contributed by atoms with Crippen molar-refractivity contribution < 1.29 is 20.1 Å². The van der Waals surface area contributed by atoms with Crippen LogP contribution in [0.3, 0.4) is 0 Å². The standard InChI is InChI=1S/C25H36N2O4.2ClH/c1-31-24-12-7-17(16-23(24)29)13-15-27-14-5-3-2-4-6-19-18-9-11-22(28)25(30)20(18)8-10-21(19)26;;/h7,9,11-12,16,19,21,27-30H,2-6,8,10,13-15,26H2,1H3;2*1H. The van der Waals surface area contributed by atoms with Gasteiger partial charge in [0.1, 0.15) is 0 Å². The van der Waals surface area contributed by atoms with Gasteiger partial charge in [0, 0.05) is 11.6 Å². The second-order valence-corrected chi connectivity index (χ2v) is 8.52. The van der Waals surface area contributed by atoms with Crippen molar-refractivity contribution in [2.75, 3.05) is 20.2 Å². The van der Waals surface area contributed by atoms with Gasteiger partial charge < -0.3 is 31.1 Å². The molecule has 33 heavy (non-hydrogen) atoms. The fraction of sp³-hybridized carbons (Fsp3) is 0.520. The first-order chi connectivity index (χ1) is 15.0. The van der Waals surface area contributed by atoms with Gasteiger partial charge in [-0.15, -0.1) is 24.8 Å². The number of methoxy groups -OCH3 is 1. The molecule has 0 heterocycles. The maximum Gasteiger partial charge on any atom is 0.160 e. The molecule has 3 rings (SSSR count). The Hall–Kier alpha value is -1.86. The average Bonchev–Trinajstić information content (AvgIpc) is 2.76. The number of hydrogen-bond acceptors (Lipinski definition) is 6. The first kappa shape index (κ1) is 29.2. The Morgan fingerprint density at radius 2 is 1.73 bits per heavy atom. The van der Waals surface area contributed by atoms with Gasteiger partial charge in [0.25, 0.3) is 0 Å². The number of nitrogens with one attached hydrogen (secondary N) is 1. The van der Waals surface area contributed by atoms with Crippen LogP contribution in [0.5, 0.6) is 23.0 Å². The van der Waals surface area contributed by atoms with Gasteiger partial charge in [-0.2, -0.15) is 0 Å². The van der Waals surface area contributed by atoms with E-state index in [1.165, 1.54) is 6.42 Å². The van der Waals surface area contributed by atoms with Gasteiger partial charge in [0.2, 0.25) is 0 Å². The summed E-state index contributed by atoms with van der Waals surface area (Å²) >= 11 is 0. The van der Waals surface area contributed by atoms with Crippen molar-refractivity contribution in [2.24, 2.45) is 5.73 Å². The number of hydrogen-bond donors (Lipinski definition) is 5. The second-order valence-electron chi connectivity index (χ2n) is 8.52. The van der Waals surface area contributed by atoms with E-state index in [2.05, 4.69) is 5.32 Å². The summed E-state index contributed by atoms with van der Waals surface area (Å²) in [5.41, 5.74) is 9.45. The molecule has 0 spiro atoms. The molecule has 6 N–H and O–H groups in total. The van der Waals surface area contributed by atoms with Crippen molar-refractivity contribution in [3.05, 3.63) is 47.0 Å². The number of nitrogens with two attached hydrogens (primary N) is 1. The quantitative estimate of drug-likeness (QED) is 0.224. The topological polar surface area (TPSA) is 108 Å². The molecule has 0 bridgehead atoms. The molecule has 2 aromatic carbocycles. The monoisotopic (exact) mass is 500 g/mol. The molecule has 0 saturated carbocycles. The molecular formula is C25H38Cl2N2O4. The molecule has 0 amide bonds. The SMILES string of the molecule is COc1ccc(CCNCCCCCCC2c3ccc(O)c(O)c3CCC2N)cc1O.Cl.Cl. The summed E-state index contributed by atoms with van der Waals surface area (Å²) in [5, 5.41) is 33.2. The van der Waals surface area contributed by atoms with Crippen LogP contribution in [0.25, 0.3) is 0 Å². The molecule has 2 atom stereocenters. The van der Waals surface area contributed by atoms with Crippen LogP contribution in [0.15, 0.2) is 30.3 Å². The Morgan fingerprint density at radius 1 is 0.970 bits per heavy atom. The predicted molar refractivity (Wildman–Crippen MR) is 138 cm³/mol. The summed E-state index contributed by atoms with van der Waals surface area (Å²) in [6.07, 6.45) is 8.06. The van der Waals surface area contributed by atoms with Crippen molar-refractivity contribution in [2.45, 2.75) is 63.3 Å². The van der Waals surface area contributed by atoms with E-state index < -0.39 is 0 Å². The number of phenols is 3. The van der Waals surface area contributed by atoms with Gasteiger partial charge in [0.05, 0.1) is 7.11 Å². The van der Waals surface area contributed by atoms with E-state index in [1.54, 1.807) is 25.3 Å². The number of benzene rings is 2. The van der Waals surface area contributed by atoms with Crippen molar-refractivity contribution in [3.8, 4) is 23.0 Å². The molecular weight excluding hydrogens is 463 g/mol. The lowest BCUT2D eigenvalue weighted by atomic mass is 9.76. The number of rotatable bonds is 11. The fourth-order valence-electron chi connectivity index (χ4n) is 4.58. The average molecular weight is 501 g/mol. The lowest BCUT2D eigenvalue weighted by Gasteiger charge is -2.32. The van der Waals surface area contributed by atoms with Gasteiger partial charge in [-0.05, 0) is 80.4 Å². The normalized spacial score (nSPS) is 16.9. The molecule has 186 valence electrons. The van der Waals surface area contributed by atoms with E-state index in [1.807, 2.05) is 12.1 Å². The molecule has 0 radical (unpaired) electrons. The minimum Gasteiger partial charge on any atom is -0.504 e. The first-order valence-corrected chi connectivity index (χ1v) is 11.4. The first-order valence-electron chi connectivity index (χ1n) is 11.4. The summed E-state index contributed by atoms with van der Waals surface area (Å²) in [5.74, 6) is 0.945. The van der Waals surface area contributed by atoms with E-state index in [9.17, 15) is 15.3 Å². The Kier molecular flexibility index (Phi) is 12.7. The number of phenolic OH excluding ortho intramolecular Hbond substituents is 3. The van der Waals surface area contributed by atoms with Crippen LogP contribution in [0, 0.1) is 0 Å². The number of halogens is 2. The van der Waals surface area contributed by atoms with Gasteiger partial charge in [-0.1, -0.05) is 31.4 Å². The van der Waals surface area contributed by atoms with Gasteiger partial charge in [-0.25, -0.2) is 0 Å². The molecule has 0 fully saturated rings. The molecule has 0 saturated heterocycles. The Bertz CT molecular complexity index is 867. The maximum atomic E-state index is 10.2. The maximum absolute atomic E-state index is 10.2. The van der Waals surface area contributed by atoms with Crippen LogP contribution < -0.4 is 15.8 Å². The summed E-state index contributed by atoms with van der Waals surface area (Å²) in [7, 11) is 1.55. The van der Waals surface area contributed by atoms with Crippen molar-refractivity contribution in [1.82, 2.24) is 5.32 Å². The number of fused-ring (bicyclic) bond motifs is 1. The molecule has 6 nitrogen and oxygen atoms in total. The van der Waals surface area contributed by atoms with Crippen LogP contribution in [0.4, 0.5) is 0 Å². The molecule has 0 aromatic heterocycles. The predicted octanol–water partition coefficient (Wildman–Crippen LogP) is 4.80. The van der Waals surface area contributed by atoms with Crippen LogP contribution in [0.1, 0.15) is 61.1 Å². The molecule has 1 aliphatic carbocycles. The fourth-order valence-corrected chi connectivity index (χ4v) is 4.58. The summed E-state index contributed by atoms with van der Waals surface area (Å²) < 4.78 is 5.07. The van der Waals surface area contributed by atoms with E-state index >= 15 is 0 Å². The molecule has 1 aliphatic rings. The zero-order valence-electron chi connectivity index (χ0n) is 19.3. The largest absolute Gasteiger partial charge is 0.504 e. The molecule has 2 unspecified atom stereocenters. The van der Waals surface area contributed by atoms with E-state index in [0.717, 1.165) is 74.7 Å². The molecule has 2 aromatic rings. The number of aromatic hydroxyl groups is 3. The zero-order chi connectivity index (χ0) is 22.2. The summed E-state index contributed by atoms with van der Waals surface area (Å²) in [6, 6.07) is 9.17. The zero-order valence-corrected chi connectivity index (χ0v) is 20.9. The Balaban J connectivity index is 0.00000272. The second kappa shape index (κ2) is 14.4. The smallest absolute Gasteiger partial charge is 0.160 e. The third-order valence-corrected chi connectivity index (χ3v) is 6.39. The van der Waals surface area contributed by atoms with Crippen LogP contribution in [0.2, 0.25) is 0 Å². The third-order valence-electron chi connectivity index (χ3n) is 6.39. The molecule has 0 aliphatic heterocycles. The van der Waals surface area contributed by atoms with Gasteiger partial charge in [0.15, 0.2) is 23.0 Å². The lowest BCUT2D eigenvalue weighted by Crippen LogP contribution is -2.33. The summed E-state index contributed by atoms with van der Waals surface area (Å²) in [4.78, 5) is 0. The highest BCUT2D eigenvalue weighted by Crippen LogP contribution is 2.42. The highest BCUT2D eigenvalue weighted by molar-refractivity contribution is 5.85. The van der Waals surface area contributed by atoms with Crippen LogP contribution in [-0.2, 0) is 12.8 Å². The van der Waals surface area contributed by atoms with Crippen molar-refractivity contribution in [1.29, 1.82) is 0 Å². The van der Waals surface area contributed by atoms with Crippen LogP contribution in [-0.4, -0.2) is 41.6 Å². The van der Waals surface area contributed by atoms with E-state index in [4.69, 9.17) is 10.5 Å². The minimum atomic E-state index is -0.0377.